The summed E-state index contributed by atoms with van der Waals surface area (Å²) < 4.78 is 0. The van der Waals surface area contributed by atoms with Gasteiger partial charge in [0.15, 0.2) is 0 Å². The van der Waals surface area contributed by atoms with Crippen molar-refractivity contribution in [1.29, 1.82) is 0 Å². The molecule has 0 aromatic carbocycles. The smallest absolute Gasteiger partial charge is 0.00643 e. The van der Waals surface area contributed by atoms with Crippen LogP contribution < -0.4 is 5.32 Å². The van der Waals surface area contributed by atoms with Gasteiger partial charge in [-0.2, -0.15) is 0 Å². The van der Waals surface area contributed by atoms with Crippen molar-refractivity contribution in [3.8, 4) is 0 Å². The van der Waals surface area contributed by atoms with E-state index in [0.717, 1.165) is 12.0 Å². The molecule has 102 valence electrons. The summed E-state index contributed by atoms with van der Waals surface area (Å²) in [7, 11) is 0. The van der Waals surface area contributed by atoms with Crippen molar-refractivity contribution in [2.45, 2.75) is 65.3 Å². The van der Waals surface area contributed by atoms with Gasteiger partial charge in [-0.1, -0.05) is 20.3 Å². The van der Waals surface area contributed by atoms with Crippen molar-refractivity contribution in [3.63, 3.8) is 0 Å². The zero-order valence-corrected chi connectivity index (χ0v) is 12.2. The summed E-state index contributed by atoms with van der Waals surface area (Å²) >= 11 is 0. The minimum Gasteiger partial charge on any atom is -0.316 e. The Morgan fingerprint density at radius 2 is 2.00 bits per heavy atom. The van der Waals surface area contributed by atoms with Crippen molar-refractivity contribution < 1.29 is 0 Å². The molecule has 2 heteroatoms. The molecule has 1 N–H and O–H groups in total. The van der Waals surface area contributed by atoms with Gasteiger partial charge in [-0.25, -0.2) is 0 Å². The zero-order valence-electron chi connectivity index (χ0n) is 12.2. The third kappa shape index (κ3) is 5.87. The van der Waals surface area contributed by atoms with Crippen molar-refractivity contribution in [1.82, 2.24) is 10.2 Å². The molecule has 17 heavy (non-hydrogen) atoms. The van der Waals surface area contributed by atoms with E-state index in [0.29, 0.717) is 0 Å². The lowest BCUT2D eigenvalue weighted by molar-refractivity contribution is 0.194. The van der Waals surface area contributed by atoms with Crippen LogP contribution in [0, 0.1) is 5.92 Å². The molecular weight excluding hydrogens is 208 g/mol. The van der Waals surface area contributed by atoms with Crippen LogP contribution in [0.4, 0.5) is 0 Å². The first-order chi connectivity index (χ1) is 8.27. The molecular formula is C15H32N2. The largest absolute Gasteiger partial charge is 0.316 e. The highest BCUT2D eigenvalue weighted by Crippen LogP contribution is 2.16. The molecule has 0 bridgehead atoms. The van der Waals surface area contributed by atoms with Crippen LogP contribution in [0.5, 0.6) is 0 Å². The number of rotatable bonds is 9. The molecule has 1 aliphatic rings. The van der Waals surface area contributed by atoms with Gasteiger partial charge in [-0.3, -0.25) is 0 Å². The first-order valence-corrected chi connectivity index (χ1v) is 7.72. The van der Waals surface area contributed by atoms with E-state index in [1.807, 2.05) is 0 Å². The standard InChI is InChI=1S/C15H32N2/c1-4-6-11-17(14(3)5-2)12-7-8-15-9-10-16-13-15/h14-16H,4-13H2,1-3H3. The minimum atomic E-state index is 0.767. The Morgan fingerprint density at radius 1 is 1.24 bits per heavy atom. The maximum Gasteiger partial charge on any atom is 0.00643 e. The van der Waals surface area contributed by atoms with Gasteiger partial charge in [-0.05, 0) is 71.1 Å². The maximum absolute atomic E-state index is 3.47. The van der Waals surface area contributed by atoms with Crippen LogP contribution in [-0.2, 0) is 0 Å². The monoisotopic (exact) mass is 240 g/mol. The highest BCUT2D eigenvalue weighted by atomic mass is 15.1. The SMILES string of the molecule is CCCCN(CCCC1CCNC1)C(C)CC. The van der Waals surface area contributed by atoms with Gasteiger partial charge in [0, 0.05) is 6.04 Å². The normalized spacial score (nSPS) is 22.2. The van der Waals surface area contributed by atoms with Crippen LogP contribution in [0.15, 0.2) is 0 Å². The van der Waals surface area contributed by atoms with Gasteiger partial charge < -0.3 is 10.2 Å². The van der Waals surface area contributed by atoms with E-state index in [1.54, 1.807) is 0 Å². The summed E-state index contributed by atoms with van der Waals surface area (Å²) in [6, 6.07) is 0.767. The van der Waals surface area contributed by atoms with Crippen LogP contribution in [0.25, 0.3) is 0 Å². The predicted octanol–water partition coefficient (Wildman–Crippen LogP) is 3.28. The van der Waals surface area contributed by atoms with Crippen molar-refractivity contribution >= 4 is 0 Å². The van der Waals surface area contributed by atoms with Crippen molar-refractivity contribution in [2.24, 2.45) is 5.92 Å². The summed E-state index contributed by atoms with van der Waals surface area (Å²) in [5, 5.41) is 3.47. The molecule has 0 aromatic heterocycles. The Kier molecular flexibility index (Phi) is 7.87. The van der Waals surface area contributed by atoms with Crippen LogP contribution in [0.2, 0.25) is 0 Å². The summed E-state index contributed by atoms with van der Waals surface area (Å²) in [5.74, 6) is 0.958. The van der Waals surface area contributed by atoms with E-state index < -0.39 is 0 Å². The van der Waals surface area contributed by atoms with Gasteiger partial charge in [-0.15, -0.1) is 0 Å². The molecule has 0 saturated carbocycles. The Hall–Kier alpha value is -0.0800. The van der Waals surface area contributed by atoms with Crippen LogP contribution in [-0.4, -0.2) is 37.1 Å². The summed E-state index contributed by atoms with van der Waals surface area (Å²) in [4.78, 5) is 2.70. The first-order valence-electron chi connectivity index (χ1n) is 7.72. The van der Waals surface area contributed by atoms with E-state index in [-0.39, 0.29) is 0 Å². The Morgan fingerprint density at radius 3 is 2.59 bits per heavy atom. The average Bonchev–Trinajstić information content (AvgIpc) is 2.85. The van der Waals surface area contributed by atoms with Gasteiger partial charge in [0.05, 0.1) is 0 Å². The second-order valence-corrected chi connectivity index (χ2v) is 5.65. The average molecular weight is 240 g/mol. The molecule has 1 aliphatic heterocycles. The molecule has 2 unspecified atom stereocenters. The third-order valence-electron chi connectivity index (χ3n) is 4.23. The lowest BCUT2D eigenvalue weighted by Gasteiger charge is -2.28. The van der Waals surface area contributed by atoms with Crippen LogP contribution >= 0.6 is 0 Å². The minimum absolute atomic E-state index is 0.767. The second-order valence-electron chi connectivity index (χ2n) is 5.65. The molecule has 2 nitrogen and oxygen atoms in total. The van der Waals surface area contributed by atoms with Crippen molar-refractivity contribution in [3.05, 3.63) is 0 Å². The maximum atomic E-state index is 3.47. The molecule has 0 spiro atoms. The Bertz CT molecular complexity index is 176. The quantitative estimate of drug-likeness (QED) is 0.665. The Labute approximate surface area is 108 Å². The molecule has 0 aliphatic carbocycles. The molecule has 1 saturated heterocycles. The number of hydrogen-bond acceptors (Lipinski definition) is 2. The fourth-order valence-electron chi connectivity index (χ4n) is 2.72. The topological polar surface area (TPSA) is 15.3 Å². The Balaban J connectivity index is 2.17. The predicted molar refractivity (Wildman–Crippen MR) is 76.4 cm³/mol. The van der Waals surface area contributed by atoms with Crippen molar-refractivity contribution in [2.75, 3.05) is 26.2 Å². The number of hydrogen-bond donors (Lipinski definition) is 1. The molecule has 1 rings (SSSR count). The van der Waals surface area contributed by atoms with Crippen LogP contribution in [0.3, 0.4) is 0 Å². The lowest BCUT2D eigenvalue weighted by atomic mass is 10.0. The fourth-order valence-corrected chi connectivity index (χ4v) is 2.72. The molecule has 0 radical (unpaired) electrons. The van der Waals surface area contributed by atoms with E-state index in [1.165, 1.54) is 64.7 Å². The molecule has 1 heterocycles. The first kappa shape index (κ1) is 15.0. The number of unbranched alkanes of at least 4 members (excludes halogenated alkanes) is 1. The zero-order chi connectivity index (χ0) is 12.5. The highest BCUT2D eigenvalue weighted by Gasteiger charge is 2.16. The van der Waals surface area contributed by atoms with Gasteiger partial charge in [0.25, 0.3) is 0 Å². The molecule has 0 aromatic rings. The highest BCUT2D eigenvalue weighted by molar-refractivity contribution is 4.72. The summed E-state index contributed by atoms with van der Waals surface area (Å²) in [6.07, 6.45) is 8.17. The van der Waals surface area contributed by atoms with Gasteiger partial charge in [0.2, 0.25) is 0 Å². The van der Waals surface area contributed by atoms with E-state index in [9.17, 15) is 0 Å². The van der Waals surface area contributed by atoms with Crippen LogP contribution in [0.1, 0.15) is 59.3 Å². The number of nitrogens with one attached hydrogen (secondary N) is 1. The second kappa shape index (κ2) is 8.93. The molecule has 0 amide bonds. The van der Waals surface area contributed by atoms with Gasteiger partial charge in [0.1, 0.15) is 0 Å². The number of nitrogens with zero attached hydrogens (tertiary/aromatic N) is 1. The molecule has 1 fully saturated rings. The summed E-state index contributed by atoms with van der Waals surface area (Å²) in [6.45, 7) is 12.1. The fraction of sp³-hybridized carbons (Fsp3) is 1.00. The van der Waals surface area contributed by atoms with E-state index >= 15 is 0 Å². The van der Waals surface area contributed by atoms with E-state index in [4.69, 9.17) is 0 Å². The summed E-state index contributed by atoms with van der Waals surface area (Å²) in [5.41, 5.74) is 0. The third-order valence-corrected chi connectivity index (χ3v) is 4.23. The van der Waals surface area contributed by atoms with Gasteiger partial charge >= 0.3 is 0 Å². The van der Waals surface area contributed by atoms with E-state index in [2.05, 4.69) is 31.0 Å². The lowest BCUT2D eigenvalue weighted by Crippen LogP contribution is -2.34. The molecule has 2 atom stereocenters.